The van der Waals surface area contributed by atoms with Crippen molar-refractivity contribution in [1.82, 2.24) is 4.31 Å². The van der Waals surface area contributed by atoms with Crippen molar-refractivity contribution in [2.45, 2.75) is 30.4 Å². The molecule has 3 N–H and O–H groups in total. The van der Waals surface area contributed by atoms with Gasteiger partial charge in [-0.25, -0.2) is 8.42 Å². The summed E-state index contributed by atoms with van der Waals surface area (Å²) in [6.07, 6.45) is -0.548. The number of aliphatic hydroxyl groups is 1. The van der Waals surface area contributed by atoms with Gasteiger partial charge in [0.05, 0.1) is 33.9 Å². The lowest BCUT2D eigenvalue weighted by molar-refractivity contribution is -0.131. The van der Waals surface area contributed by atoms with Gasteiger partial charge in [-0.05, 0) is 32.0 Å². The van der Waals surface area contributed by atoms with Crippen LogP contribution in [0, 0.1) is 0 Å². The Morgan fingerprint density at radius 2 is 2.19 bits per heavy atom. The summed E-state index contributed by atoms with van der Waals surface area (Å²) >= 11 is 5.90. The van der Waals surface area contributed by atoms with Crippen LogP contribution in [0.4, 0.5) is 5.69 Å². The van der Waals surface area contributed by atoms with Crippen LogP contribution >= 0.6 is 11.6 Å². The largest absolute Gasteiger partial charge is 0.398 e. The Morgan fingerprint density at radius 1 is 1.52 bits per heavy atom. The maximum atomic E-state index is 12.7. The van der Waals surface area contributed by atoms with Gasteiger partial charge in [0, 0.05) is 13.1 Å². The minimum atomic E-state index is -3.71. The van der Waals surface area contributed by atoms with Crippen molar-refractivity contribution in [3.63, 3.8) is 0 Å². The fraction of sp³-hybridized carbons (Fsp3) is 0.538. The van der Waals surface area contributed by atoms with Crippen LogP contribution in [0.2, 0.25) is 5.02 Å². The number of nitrogens with two attached hydrogens (primary N) is 1. The van der Waals surface area contributed by atoms with E-state index in [1.807, 2.05) is 0 Å². The Kier molecular flexibility index (Phi) is 4.51. The van der Waals surface area contributed by atoms with E-state index in [0.717, 1.165) is 0 Å². The van der Waals surface area contributed by atoms with Gasteiger partial charge in [-0.15, -0.1) is 0 Å². The molecule has 1 aromatic rings. The first kappa shape index (κ1) is 16.5. The van der Waals surface area contributed by atoms with Crippen molar-refractivity contribution in [1.29, 1.82) is 0 Å². The van der Waals surface area contributed by atoms with Gasteiger partial charge in [-0.3, -0.25) is 0 Å². The number of rotatable bonds is 3. The van der Waals surface area contributed by atoms with E-state index in [-0.39, 0.29) is 29.6 Å². The molecule has 1 saturated heterocycles. The van der Waals surface area contributed by atoms with Gasteiger partial charge in [-0.2, -0.15) is 4.31 Å². The molecule has 1 atom stereocenters. The molecule has 1 fully saturated rings. The topological polar surface area (TPSA) is 92.9 Å². The second kappa shape index (κ2) is 5.73. The molecule has 1 aliphatic heterocycles. The first-order valence-corrected chi connectivity index (χ1v) is 8.31. The second-order valence-corrected chi connectivity index (χ2v) is 8.01. The van der Waals surface area contributed by atoms with Crippen LogP contribution in [-0.4, -0.2) is 49.2 Å². The standard InChI is InChI=1S/C13H19ClN2O4S/c1-13(2)8-16(6-9(7-17)20-13)21(18,19)10-3-4-12(15)11(14)5-10/h3-5,9,17H,6-8,15H2,1-2H3. The van der Waals surface area contributed by atoms with Gasteiger partial charge >= 0.3 is 0 Å². The minimum Gasteiger partial charge on any atom is -0.398 e. The van der Waals surface area contributed by atoms with Gasteiger partial charge in [-0.1, -0.05) is 11.6 Å². The molecule has 118 valence electrons. The molecule has 1 aliphatic rings. The summed E-state index contributed by atoms with van der Waals surface area (Å²) < 4.78 is 32.3. The molecule has 1 unspecified atom stereocenters. The predicted octanol–water partition coefficient (Wildman–Crippen LogP) is 1.08. The van der Waals surface area contributed by atoms with Crippen LogP contribution in [-0.2, 0) is 14.8 Å². The molecule has 0 amide bonds. The van der Waals surface area contributed by atoms with Crippen molar-refractivity contribution >= 4 is 27.3 Å². The molecule has 0 bridgehead atoms. The summed E-state index contributed by atoms with van der Waals surface area (Å²) in [5.74, 6) is 0. The average molecular weight is 335 g/mol. The third-order valence-corrected chi connectivity index (χ3v) is 5.40. The highest BCUT2D eigenvalue weighted by atomic mass is 35.5. The zero-order chi connectivity index (χ0) is 15.8. The van der Waals surface area contributed by atoms with Crippen LogP contribution < -0.4 is 5.73 Å². The number of nitrogens with zero attached hydrogens (tertiary/aromatic N) is 1. The minimum absolute atomic E-state index is 0.0797. The number of hydrogen-bond acceptors (Lipinski definition) is 5. The van der Waals surface area contributed by atoms with Crippen LogP contribution in [0.3, 0.4) is 0 Å². The third kappa shape index (κ3) is 3.49. The van der Waals surface area contributed by atoms with Gasteiger partial charge in [0.2, 0.25) is 10.0 Å². The molecular weight excluding hydrogens is 316 g/mol. The number of anilines is 1. The summed E-state index contributed by atoms with van der Waals surface area (Å²) in [6, 6.07) is 4.22. The fourth-order valence-electron chi connectivity index (χ4n) is 2.34. The normalized spacial score (nSPS) is 23.1. The van der Waals surface area contributed by atoms with E-state index in [1.54, 1.807) is 13.8 Å². The lowest BCUT2D eigenvalue weighted by atomic mass is 10.1. The zero-order valence-electron chi connectivity index (χ0n) is 11.9. The molecule has 0 radical (unpaired) electrons. The maximum Gasteiger partial charge on any atom is 0.243 e. The van der Waals surface area contributed by atoms with Crippen LogP contribution in [0.25, 0.3) is 0 Å². The van der Waals surface area contributed by atoms with Gasteiger partial charge in [0.15, 0.2) is 0 Å². The molecule has 1 heterocycles. The van der Waals surface area contributed by atoms with Crippen LogP contribution in [0.5, 0.6) is 0 Å². The molecule has 0 spiro atoms. The Morgan fingerprint density at radius 3 is 2.76 bits per heavy atom. The molecule has 2 rings (SSSR count). The number of morpholine rings is 1. The molecule has 21 heavy (non-hydrogen) atoms. The van der Waals surface area contributed by atoms with Crippen molar-refractivity contribution in [3.05, 3.63) is 23.2 Å². The van der Waals surface area contributed by atoms with Gasteiger partial charge < -0.3 is 15.6 Å². The van der Waals surface area contributed by atoms with Crippen molar-refractivity contribution in [2.75, 3.05) is 25.4 Å². The van der Waals surface area contributed by atoms with E-state index in [2.05, 4.69) is 0 Å². The van der Waals surface area contributed by atoms with E-state index in [9.17, 15) is 13.5 Å². The number of nitrogen functional groups attached to an aromatic ring is 1. The Labute approximate surface area is 129 Å². The highest BCUT2D eigenvalue weighted by Gasteiger charge is 2.39. The Bertz CT molecular complexity index is 633. The maximum absolute atomic E-state index is 12.7. The lowest BCUT2D eigenvalue weighted by Crippen LogP contribution is -2.55. The summed E-state index contributed by atoms with van der Waals surface area (Å²) in [5.41, 5.74) is 5.26. The first-order chi connectivity index (χ1) is 9.65. The van der Waals surface area contributed by atoms with E-state index in [0.29, 0.717) is 5.69 Å². The van der Waals surface area contributed by atoms with E-state index in [1.165, 1.54) is 22.5 Å². The summed E-state index contributed by atoms with van der Waals surface area (Å²) in [6.45, 7) is 3.64. The number of ether oxygens (including phenoxy) is 1. The quantitative estimate of drug-likeness (QED) is 0.807. The SMILES string of the molecule is CC1(C)CN(S(=O)(=O)c2ccc(N)c(Cl)c2)CC(CO)O1. The van der Waals surface area contributed by atoms with Crippen molar-refractivity contribution < 1.29 is 18.3 Å². The van der Waals surface area contributed by atoms with E-state index < -0.39 is 21.7 Å². The van der Waals surface area contributed by atoms with Crippen molar-refractivity contribution in [3.8, 4) is 0 Å². The molecule has 8 heteroatoms. The van der Waals surface area contributed by atoms with Crippen LogP contribution in [0.1, 0.15) is 13.8 Å². The summed E-state index contributed by atoms with van der Waals surface area (Å²) in [5, 5.41) is 9.47. The molecule has 6 nitrogen and oxygen atoms in total. The summed E-state index contributed by atoms with van der Waals surface area (Å²) in [4.78, 5) is 0.0797. The smallest absolute Gasteiger partial charge is 0.243 e. The Hall–Kier alpha value is -0.860. The zero-order valence-corrected chi connectivity index (χ0v) is 13.5. The number of benzene rings is 1. The molecule has 0 saturated carbocycles. The van der Waals surface area contributed by atoms with Crippen LogP contribution in [0.15, 0.2) is 23.1 Å². The number of hydrogen-bond donors (Lipinski definition) is 2. The number of aliphatic hydroxyl groups excluding tert-OH is 1. The highest BCUT2D eigenvalue weighted by molar-refractivity contribution is 7.89. The molecule has 0 aliphatic carbocycles. The van der Waals surface area contributed by atoms with Gasteiger partial charge in [0.1, 0.15) is 0 Å². The molecule has 0 aromatic heterocycles. The fourth-order valence-corrected chi connectivity index (χ4v) is 4.23. The number of halogens is 1. The second-order valence-electron chi connectivity index (χ2n) is 5.66. The first-order valence-electron chi connectivity index (χ1n) is 6.49. The monoisotopic (exact) mass is 334 g/mol. The van der Waals surface area contributed by atoms with E-state index in [4.69, 9.17) is 22.1 Å². The van der Waals surface area contributed by atoms with Gasteiger partial charge in [0.25, 0.3) is 0 Å². The predicted molar refractivity (Wildman–Crippen MR) is 80.7 cm³/mol. The molecular formula is C13H19ClN2O4S. The average Bonchev–Trinajstić information content (AvgIpc) is 2.39. The lowest BCUT2D eigenvalue weighted by Gasteiger charge is -2.41. The Balaban J connectivity index is 2.36. The summed E-state index contributed by atoms with van der Waals surface area (Å²) in [7, 11) is -3.71. The van der Waals surface area contributed by atoms with E-state index >= 15 is 0 Å². The molecule has 1 aromatic carbocycles. The highest BCUT2D eigenvalue weighted by Crippen LogP contribution is 2.29. The number of sulfonamides is 1. The third-order valence-electron chi connectivity index (χ3n) is 3.26. The van der Waals surface area contributed by atoms with Crippen molar-refractivity contribution in [2.24, 2.45) is 0 Å².